The monoisotopic (exact) mass is 342 g/mol. The van der Waals surface area contributed by atoms with Gasteiger partial charge in [-0.2, -0.15) is 0 Å². The largest absolute Gasteiger partial charge is 0.326 e. The lowest BCUT2D eigenvalue weighted by molar-refractivity contribution is -0.121. The highest BCUT2D eigenvalue weighted by Gasteiger charge is 2.33. The molecule has 1 aliphatic rings. The van der Waals surface area contributed by atoms with Crippen molar-refractivity contribution in [3.8, 4) is 0 Å². The molecule has 3 rings (SSSR count). The molecule has 5 heteroatoms. The number of likely N-dealkylation sites (tertiary alicyclic amines) is 1. The number of carbonyl (C=O) groups is 2. The van der Waals surface area contributed by atoms with Gasteiger partial charge in [0.1, 0.15) is 6.04 Å². The zero-order chi connectivity index (χ0) is 17.1. The van der Waals surface area contributed by atoms with Crippen LogP contribution in [-0.2, 0) is 4.79 Å². The summed E-state index contributed by atoms with van der Waals surface area (Å²) in [7, 11) is 0. The summed E-state index contributed by atoms with van der Waals surface area (Å²) in [5, 5.41) is 4.91. The molecule has 24 heavy (non-hydrogen) atoms. The van der Waals surface area contributed by atoms with Crippen molar-refractivity contribution in [2.75, 3.05) is 11.9 Å². The van der Waals surface area contributed by atoms with E-state index in [1.54, 1.807) is 4.90 Å². The Hall–Kier alpha value is -2.14. The minimum absolute atomic E-state index is 0.0363. The first-order valence-electron chi connectivity index (χ1n) is 8.29. The minimum atomic E-state index is -0.395. The molecule has 4 nitrogen and oxygen atoms in total. The second-order valence-electron chi connectivity index (χ2n) is 6.22. The lowest BCUT2D eigenvalue weighted by atomic mass is 10.0. The zero-order valence-electron chi connectivity index (χ0n) is 14.0. The predicted molar refractivity (Wildman–Crippen MR) is 97.5 cm³/mol. The van der Waals surface area contributed by atoms with Gasteiger partial charge in [-0.05, 0) is 61.7 Å². The van der Waals surface area contributed by atoms with E-state index < -0.39 is 6.04 Å². The first-order chi connectivity index (χ1) is 11.6. The van der Waals surface area contributed by atoms with E-state index in [1.165, 1.54) is 11.3 Å². The van der Waals surface area contributed by atoms with E-state index in [0.29, 0.717) is 17.8 Å². The lowest BCUT2D eigenvalue weighted by Crippen LogP contribution is -2.49. The number of anilines is 1. The first kappa shape index (κ1) is 16.7. The summed E-state index contributed by atoms with van der Waals surface area (Å²) in [5.74, 6) is -0.126. The molecule has 1 aromatic carbocycles. The van der Waals surface area contributed by atoms with Gasteiger partial charge < -0.3 is 10.2 Å². The Balaban J connectivity index is 1.78. The van der Waals surface area contributed by atoms with Gasteiger partial charge in [0.15, 0.2) is 0 Å². The van der Waals surface area contributed by atoms with Crippen LogP contribution in [0, 0.1) is 13.8 Å². The molecule has 2 heterocycles. The van der Waals surface area contributed by atoms with Gasteiger partial charge >= 0.3 is 0 Å². The fraction of sp³-hybridized carbons (Fsp3) is 0.368. The van der Waals surface area contributed by atoms with E-state index in [-0.39, 0.29) is 11.8 Å². The molecule has 0 radical (unpaired) electrons. The molecule has 1 saturated heterocycles. The Kier molecular flexibility index (Phi) is 5.00. The van der Waals surface area contributed by atoms with Crippen LogP contribution in [0.4, 0.5) is 5.69 Å². The highest BCUT2D eigenvalue weighted by molar-refractivity contribution is 7.12. The van der Waals surface area contributed by atoms with Crippen LogP contribution in [0.3, 0.4) is 0 Å². The molecule has 0 spiro atoms. The van der Waals surface area contributed by atoms with Crippen molar-refractivity contribution >= 4 is 28.8 Å². The molecule has 0 aliphatic carbocycles. The van der Waals surface area contributed by atoms with Gasteiger partial charge in [0, 0.05) is 12.2 Å². The maximum Gasteiger partial charge on any atom is 0.264 e. The molecule has 0 unspecified atom stereocenters. The molecule has 1 atom stereocenters. The number of aryl methyl sites for hydroxylation is 1. The Morgan fingerprint density at radius 3 is 2.75 bits per heavy atom. The molecular formula is C19H22N2O2S. The molecule has 1 N–H and O–H groups in total. The van der Waals surface area contributed by atoms with E-state index in [4.69, 9.17) is 0 Å². The number of thiophene rings is 1. The number of nitrogens with one attached hydrogen (secondary N) is 1. The third-order valence-corrected chi connectivity index (χ3v) is 5.52. The molecule has 0 bridgehead atoms. The minimum Gasteiger partial charge on any atom is -0.326 e. The molecule has 126 valence electrons. The molecular weight excluding hydrogens is 320 g/mol. The van der Waals surface area contributed by atoms with Gasteiger partial charge in [-0.1, -0.05) is 18.2 Å². The molecule has 0 saturated carbocycles. The van der Waals surface area contributed by atoms with Crippen LogP contribution in [0.2, 0.25) is 0 Å². The summed E-state index contributed by atoms with van der Waals surface area (Å²) in [4.78, 5) is 27.9. The van der Waals surface area contributed by atoms with Crippen LogP contribution in [0.25, 0.3) is 0 Å². The maximum atomic E-state index is 12.8. The number of benzene rings is 1. The Morgan fingerprint density at radius 2 is 2.00 bits per heavy atom. The highest BCUT2D eigenvalue weighted by Crippen LogP contribution is 2.24. The van der Waals surface area contributed by atoms with E-state index in [1.807, 2.05) is 49.6 Å². The fourth-order valence-corrected chi connectivity index (χ4v) is 3.77. The summed E-state index contributed by atoms with van der Waals surface area (Å²) in [6, 6.07) is 9.17. The van der Waals surface area contributed by atoms with E-state index in [2.05, 4.69) is 5.32 Å². The summed E-state index contributed by atoms with van der Waals surface area (Å²) in [6.45, 7) is 4.67. The van der Waals surface area contributed by atoms with Gasteiger partial charge in [0.2, 0.25) is 5.91 Å². The van der Waals surface area contributed by atoms with Gasteiger partial charge in [-0.3, -0.25) is 9.59 Å². The molecule has 1 aliphatic heterocycles. The zero-order valence-corrected chi connectivity index (χ0v) is 14.9. The van der Waals surface area contributed by atoms with Crippen LogP contribution in [0.1, 0.15) is 40.1 Å². The number of nitrogens with zero attached hydrogens (tertiary/aromatic N) is 1. The van der Waals surface area contributed by atoms with Crippen molar-refractivity contribution in [1.82, 2.24) is 4.90 Å². The van der Waals surface area contributed by atoms with Crippen LogP contribution < -0.4 is 5.32 Å². The van der Waals surface area contributed by atoms with Crippen molar-refractivity contribution in [3.05, 3.63) is 51.7 Å². The summed E-state index contributed by atoms with van der Waals surface area (Å²) in [6.07, 6.45) is 2.64. The SMILES string of the molecule is Cc1cccc(NC(=O)[C@H]2CCCCN2C(=O)c2cccs2)c1C. The van der Waals surface area contributed by atoms with Crippen LogP contribution >= 0.6 is 11.3 Å². The maximum absolute atomic E-state index is 12.8. The van der Waals surface area contributed by atoms with E-state index in [0.717, 1.165) is 29.7 Å². The Bertz CT molecular complexity index is 740. The van der Waals surface area contributed by atoms with Gasteiger partial charge in [-0.15, -0.1) is 11.3 Å². The number of hydrogen-bond donors (Lipinski definition) is 1. The third kappa shape index (κ3) is 3.36. The van der Waals surface area contributed by atoms with E-state index in [9.17, 15) is 9.59 Å². The molecule has 2 aromatic rings. The quantitative estimate of drug-likeness (QED) is 0.916. The average Bonchev–Trinajstić information content (AvgIpc) is 3.13. The van der Waals surface area contributed by atoms with Gasteiger partial charge in [-0.25, -0.2) is 0 Å². The lowest BCUT2D eigenvalue weighted by Gasteiger charge is -2.34. The normalized spacial score (nSPS) is 17.6. The second kappa shape index (κ2) is 7.18. The number of hydrogen-bond acceptors (Lipinski definition) is 3. The summed E-state index contributed by atoms with van der Waals surface area (Å²) in [5.41, 5.74) is 3.04. The summed E-state index contributed by atoms with van der Waals surface area (Å²) < 4.78 is 0. The number of amides is 2. The smallest absolute Gasteiger partial charge is 0.264 e. The van der Waals surface area contributed by atoms with Crippen molar-refractivity contribution in [2.45, 2.75) is 39.2 Å². The Morgan fingerprint density at radius 1 is 1.17 bits per heavy atom. The van der Waals surface area contributed by atoms with Gasteiger partial charge in [0.05, 0.1) is 4.88 Å². The van der Waals surface area contributed by atoms with Gasteiger partial charge in [0.25, 0.3) is 5.91 Å². The number of piperidine rings is 1. The third-order valence-electron chi connectivity index (χ3n) is 4.66. The average molecular weight is 342 g/mol. The standard InChI is InChI=1S/C19H22N2O2S/c1-13-7-5-8-15(14(13)2)20-18(22)16-9-3-4-11-21(16)19(23)17-10-6-12-24-17/h5-8,10,12,16H,3-4,9,11H2,1-2H3,(H,20,22)/t16-/m1/s1. The van der Waals surface area contributed by atoms with E-state index >= 15 is 0 Å². The molecule has 1 fully saturated rings. The number of carbonyl (C=O) groups excluding carboxylic acids is 2. The molecule has 2 amide bonds. The van der Waals surface area contributed by atoms with Crippen LogP contribution in [0.5, 0.6) is 0 Å². The number of rotatable bonds is 3. The Labute approximate surface area is 146 Å². The summed E-state index contributed by atoms with van der Waals surface area (Å²) >= 11 is 1.42. The van der Waals surface area contributed by atoms with Crippen LogP contribution in [0.15, 0.2) is 35.7 Å². The topological polar surface area (TPSA) is 49.4 Å². The fourth-order valence-electron chi connectivity index (χ4n) is 3.09. The van der Waals surface area contributed by atoms with Crippen molar-refractivity contribution < 1.29 is 9.59 Å². The highest BCUT2D eigenvalue weighted by atomic mass is 32.1. The van der Waals surface area contributed by atoms with Crippen molar-refractivity contribution in [3.63, 3.8) is 0 Å². The van der Waals surface area contributed by atoms with Crippen LogP contribution in [-0.4, -0.2) is 29.3 Å². The predicted octanol–water partition coefficient (Wildman–Crippen LogP) is 4.00. The van der Waals surface area contributed by atoms with Crippen molar-refractivity contribution in [2.24, 2.45) is 0 Å². The van der Waals surface area contributed by atoms with Crippen molar-refractivity contribution in [1.29, 1.82) is 0 Å². The second-order valence-corrected chi connectivity index (χ2v) is 7.17. The first-order valence-corrected chi connectivity index (χ1v) is 9.17. The molecule has 1 aromatic heterocycles.